The third-order valence-corrected chi connectivity index (χ3v) is 3.07. The summed E-state index contributed by atoms with van der Waals surface area (Å²) in [5.41, 5.74) is -0.0275. The molecule has 1 aromatic carbocycles. The minimum Gasteiger partial charge on any atom is -0.465 e. The number of rotatable bonds is 3. The summed E-state index contributed by atoms with van der Waals surface area (Å²) in [6.07, 6.45) is -1.49. The maximum absolute atomic E-state index is 12.6. The molecule has 0 aliphatic rings. The Morgan fingerprint density at radius 1 is 1.26 bits per heavy atom. The highest BCUT2D eigenvalue weighted by Crippen LogP contribution is 2.30. The van der Waals surface area contributed by atoms with Crippen molar-refractivity contribution in [2.45, 2.75) is 6.18 Å². The highest BCUT2D eigenvalue weighted by atomic mass is 19.4. The Labute approximate surface area is 130 Å². The van der Waals surface area contributed by atoms with Gasteiger partial charge in [0.05, 0.1) is 12.7 Å². The van der Waals surface area contributed by atoms with E-state index in [9.17, 15) is 18.0 Å². The molecule has 0 saturated carbocycles. The molecule has 118 valence electrons. The van der Waals surface area contributed by atoms with Crippen LogP contribution in [0.3, 0.4) is 0 Å². The van der Waals surface area contributed by atoms with Crippen LogP contribution < -0.4 is 0 Å². The van der Waals surface area contributed by atoms with Gasteiger partial charge in [-0.2, -0.15) is 18.4 Å². The lowest BCUT2D eigenvalue weighted by Gasteiger charge is -2.10. The molecule has 23 heavy (non-hydrogen) atoms. The molecule has 0 amide bonds. The number of aromatic nitrogens is 1. The van der Waals surface area contributed by atoms with Gasteiger partial charge in [-0.25, -0.2) is 4.79 Å². The van der Waals surface area contributed by atoms with E-state index >= 15 is 0 Å². The number of nitrogens with zero attached hydrogens (tertiary/aromatic N) is 2. The van der Waals surface area contributed by atoms with Crippen LogP contribution in [-0.2, 0) is 15.7 Å². The number of hydrogen-bond acceptors (Lipinski definition) is 3. The summed E-state index contributed by atoms with van der Waals surface area (Å²) in [4.78, 5) is 11.4. The van der Waals surface area contributed by atoms with Gasteiger partial charge >= 0.3 is 12.1 Å². The summed E-state index contributed by atoms with van der Waals surface area (Å²) < 4.78 is 43.8. The van der Waals surface area contributed by atoms with Gasteiger partial charge in [0.15, 0.2) is 0 Å². The van der Waals surface area contributed by atoms with Crippen molar-refractivity contribution < 1.29 is 22.7 Å². The maximum Gasteiger partial charge on any atom is 0.416 e. The lowest BCUT2D eigenvalue weighted by molar-refractivity contribution is -0.137. The second-order valence-corrected chi connectivity index (χ2v) is 4.51. The average Bonchev–Trinajstić information content (AvgIpc) is 2.99. The van der Waals surface area contributed by atoms with Gasteiger partial charge < -0.3 is 9.30 Å². The quantitative estimate of drug-likeness (QED) is 0.493. The van der Waals surface area contributed by atoms with Gasteiger partial charge in [-0.05, 0) is 42.5 Å². The van der Waals surface area contributed by atoms with Gasteiger partial charge in [0.25, 0.3) is 0 Å². The fourth-order valence-corrected chi connectivity index (χ4v) is 1.95. The Kier molecular flexibility index (Phi) is 4.55. The molecule has 1 heterocycles. The summed E-state index contributed by atoms with van der Waals surface area (Å²) in [5.74, 6) is -0.785. The number of benzene rings is 1. The molecule has 0 bridgehead atoms. The largest absolute Gasteiger partial charge is 0.465 e. The van der Waals surface area contributed by atoms with Gasteiger partial charge in [0.1, 0.15) is 11.6 Å². The number of halogens is 3. The molecule has 0 fully saturated rings. The van der Waals surface area contributed by atoms with Crippen LogP contribution in [-0.4, -0.2) is 17.6 Å². The lowest BCUT2D eigenvalue weighted by Crippen LogP contribution is -2.06. The lowest BCUT2D eigenvalue weighted by atomic mass is 10.2. The number of alkyl halides is 3. The van der Waals surface area contributed by atoms with Crippen molar-refractivity contribution in [2.24, 2.45) is 0 Å². The summed E-state index contributed by atoms with van der Waals surface area (Å²) in [6, 6.07) is 9.55. The average molecular weight is 320 g/mol. The Bertz CT molecular complexity index is 781. The van der Waals surface area contributed by atoms with Crippen LogP contribution in [0.4, 0.5) is 13.2 Å². The minimum absolute atomic E-state index is 0.209. The number of ether oxygens (including phenoxy) is 1. The van der Waals surface area contributed by atoms with Crippen LogP contribution in [0.5, 0.6) is 0 Å². The topological polar surface area (TPSA) is 55.0 Å². The molecule has 0 aliphatic heterocycles. The number of esters is 1. The number of methoxy groups -OCH3 is 1. The Balaban J connectivity index is 2.41. The Hall–Kier alpha value is -3.01. The van der Waals surface area contributed by atoms with E-state index in [1.807, 2.05) is 0 Å². The van der Waals surface area contributed by atoms with Gasteiger partial charge in [-0.3, -0.25) is 0 Å². The first kappa shape index (κ1) is 16.4. The smallest absolute Gasteiger partial charge is 0.416 e. The zero-order valence-corrected chi connectivity index (χ0v) is 12.0. The first-order valence-electron chi connectivity index (χ1n) is 6.42. The van der Waals surface area contributed by atoms with Crippen LogP contribution in [0.2, 0.25) is 0 Å². The van der Waals surface area contributed by atoms with Crippen molar-refractivity contribution in [3.63, 3.8) is 0 Å². The molecular formula is C16H11F3N2O2. The predicted molar refractivity (Wildman–Crippen MR) is 76.4 cm³/mol. The van der Waals surface area contributed by atoms with Crippen molar-refractivity contribution in [3.05, 3.63) is 59.4 Å². The van der Waals surface area contributed by atoms with E-state index < -0.39 is 17.7 Å². The minimum atomic E-state index is -4.41. The van der Waals surface area contributed by atoms with Crippen molar-refractivity contribution in [3.8, 4) is 11.8 Å². The van der Waals surface area contributed by atoms with E-state index in [1.165, 1.54) is 18.2 Å². The third-order valence-electron chi connectivity index (χ3n) is 3.07. The van der Waals surface area contributed by atoms with Crippen molar-refractivity contribution in [1.82, 2.24) is 4.57 Å². The molecule has 7 heteroatoms. The summed E-state index contributed by atoms with van der Waals surface area (Å²) >= 11 is 0. The van der Waals surface area contributed by atoms with Gasteiger partial charge in [0, 0.05) is 17.6 Å². The standard InChI is InChI=1S/C16H11F3N2O2/c1-23-15(22)11(10-20)9-14-3-2-8-21(14)13-6-4-12(5-7-13)16(17,18)19/h2-9H,1H3. The zero-order valence-electron chi connectivity index (χ0n) is 12.0. The maximum atomic E-state index is 12.6. The molecule has 0 N–H and O–H groups in total. The molecular weight excluding hydrogens is 309 g/mol. The van der Waals surface area contributed by atoms with Crippen molar-refractivity contribution in [2.75, 3.05) is 7.11 Å². The fraction of sp³-hybridized carbons (Fsp3) is 0.125. The Morgan fingerprint density at radius 2 is 1.91 bits per heavy atom. The number of carbonyl (C=O) groups is 1. The first-order chi connectivity index (χ1) is 10.9. The van der Waals surface area contributed by atoms with Crippen LogP contribution in [0.15, 0.2) is 48.2 Å². The second-order valence-electron chi connectivity index (χ2n) is 4.51. The molecule has 0 saturated heterocycles. The van der Waals surface area contributed by atoms with E-state index in [2.05, 4.69) is 4.74 Å². The highest BCUT2D eigenvalue weighted by molar-refractivity contribution is 5.97. The molecule has 0 spiro atoms. The molecule has 0 aliphatic carbocycles. The van der Waals surface area contributed by atoms with E-state index in [4.69, 9.17) is 5.26 Å². The van der Waals surface area contributed by atoms with E-state index in [-0.39, 0.29) is 5.57 Å². The normalized spacial score (nSPS) is 11.9. The summed E-state index contributed by atoms with van der Waals surface area (Å²) in [7, 11) is 1.16. The first-order valence-corrected chi connectivity index (χ1v) is 6.42. The van der Waals surface area contributed by atoms with Gasteiger partial charge in [0.2, 0.25) is 0 Å². The van der Waals surface area contributed by atoms with Crippen LogP contribution in [0.1, 0.15) is 11.3 Å². The van der Waals surface area contributed by atoms with Crippen LogP contribution >= 0.6 is 0 Å². The van der Waals surface area contributed by atoms with Crippen LogP contribution in [0, 0.1) is 11.3 Å². The molecule has 1 aromatic heterocycles. The fourth-order valence-electron chi connectivity index (χ4n) is 1.95. The van der Waals surface area contributed by atoms with Crippen molar-refractivity contribution >= 4 is 12.0 Å². The Morgan fingerprint density at radius 3 is 2.43 bits per heavy atom. The number of nitriles is 1. The van der Waals surface area contributed by atoms with Gasteiger partial charge in [-0.15, -0.1) is 0 Å². The third kappa shape index (κ3) is 3.61. The molecule has 4 nitrogen and oxygen atoms in total. The molecule has 0 radical (unpaired) electrons. The number of carbonyl (C=O) groups excluding carboxylic acids is 1. The SMILES string of the molecule is COC(=O)C(C#N)=Cc1cccn1-c1ccc(C(F)(F)F)cc1. The second kappa shape index (κ2) is 6.40. The van der Waals surface area contributed by atoms with Crippen molar-refractivity contribution in [1.29, 1.82) is 5.26 Å². The zero-order chi connectivity index (χ0) is 17.0. The van der Waals surface area contributed by atoms with Gasteiger partial charge in [-0.1, -0.05) is 0 Å². The number of hydrogen-bond donors (Lipinski definition) is 0. The molecule has 2 rings (SSSR count). The van der Waals surface area contributed by atoms with E-state index in [0.29, 0.717) is 11.4 Å². The monoisotopic (exact) mass is 320 g/mol. The molecule has 2 aromatic rings. The highest BCUT2D eigenvalue weighted by Gasteiger charge is 2.30. The summed E-state index contributed by atoms with van der Waals surface area (Å²) in [6.45, 7) is 0. The van der Waals surface area contributed by atoms with E-state index in [0.717, 1.165) is 19.2 Å². The van der Waals surface area contributed by atoms with E-state index in [1.54, 1.807) is 29.0 Å². The summed E-state index contributed by atoms with van der Waals surface area (Å²) in [5, 5.41) is 8.96. The molecule has 0 atom stereocenters. The molecule has 0 unspecified atom stereocenters. The predicted octanol–water partition coefficient (Wildman–Crippen LogP) is 3.58. The van der Waals surface area contributed by atoms with Crippen LogP contribution in [0.25, 0.3) is 11.8 Å².